The lowest BCUT2D eigenvalue weighted by molar-refractivity contribution is -0.385. The van der Waals surface area contributed by atoms with Crippen LogP contribution in [0.2, 0.25) is 0 Å². The Labute approximate surface area is 100 Å². The summed E-state index contributed by atoms with van der Waals surface area (Å²) in [6, 6.07) is 6.88. The van der Waals surface area contributed by atoms with Crippen molar-refractivity contribution in [3.8, 4) is 5.75 Å². The van der Waals surface area contributed by atoms with Crippen LogP contribution < -0.4 is 4.74 Å². The number of benzene rings is 1. The fourth-order valence-corrected chi connectivity index (χ4v) is 2.11. The van der Waals surface area contributed by atoms with Crippen molar-refractivity contribution in [3.63, 3.8) is 0 Å². The third kappa shape index (κ3) is 2.74. The summed E-state index contributed by atoms with van der Waals surface area (Å²) in [7, 11) is 2.06. The molecule has 0 unspecified atom stereocenters. The molecule has 1 atom stereocenters. The lowest BCUT2D eigenvalue weighted by atomic mass is 10.2. The molecule has 0 amide bonds. The van der Waals surface area contributed by atoms with E-state index >= 15 is 0 Å². The zero-order chi connectivity index (χ0) is 12.3. The Balaban J connectivity index is 2.01. The minimum atomic E-state index is -0.409. The van der Waals surface area contributed by atoms with E-state index in [9.17, 15) is 10.1 Å². The van der Waals surface area contributed by atoms with E-state index in [1.807, 2.05) is 0 Å². The maximum Gasteiger partial charge on any atom is 0.310 e. The molecule has 17 heavy (non-hydrogen) atoms. The average molecular weight is 236 g/mol. The van der Waals surface area contributed by atoms with Crippen molar-refractivity contribution < 1.29 is 9.66 Å². The first-order valence-corrected chi connectivity index (χ1v) is 5.75. The molecule has 5 heteroatoms. The van der Waals surface area contributed by atoms with Crippen molar-refractivity contribution in [2.45, 2.75) is 18.9 Å². The van der Waals surface area contributed by atoms with Crippen molar-refractivity contribution in [2.24, 2.45) is 0 Å². The minimum Gasteiger partial charge on any atom is -0.485 e. The van der Waals surface area contributed by atoms with Gasteiger partial charge in [0.05, 0.1) is 4.92 Å². The quantitative estimate of drug-likeness (QED) is 0.593. The second kappa shape index (κ2) is 5.14. The van der Waals surface area contributed by atoms with Gasteiger partial charge in [0.1, 0.15) is 6.61 Å². The van der Waals surface area contributed by atoms with Crippen molar-refractivity contribution in [1.29, 1.82) is 0 Å². The average Bonchev–Trinajstić information content (AvgIpc) is 2.72. The number of ether oxygens (including phenoxy) is 1. The van der Waals surface area contributed by atoms with Crippen LogP contribution in [0.25, 0.3) is 0 Å². The summed E-state index contributed by atoms with van der Waals surface area (Å²) in [6.45, 7) is 1.59. The standard InChI is InChI=1S/C12H16N2O3/c1-13-8-4-5-10(13)9-17-12-7-3-2-6-11(12)14(15)16/h2-3,6-7,10H,4-5,8-9H2,1H3/t10-/m0/s1. The lowest BCUT2D eigenvalue weighted by Crippen LogP contribution is -2.30. The number of nitrogens with zero attached hydrogens (tertiary/aromatic N) is 2. The number of hydrogen-bond donors (Lipinski definition) is 0. The molecule has 2 rings (SSSR count). The van der Waals surface area contributed by atoms with E-state index in [1.165, 1.54) is 12.5 Å². The number of nitro benzene ring substituents is 1. The Bertz CT molecular complexity index is 408. The first kappa shape index (κ1) is 11.9. The highest BCUT2D eigenvalue weighted by Crippen LogP contribution is 2.26. The fraction of sp³-hybridized carbons (Fsp3) is 0.500. The van der Waals surface area contributed by atoms with Crippen molar-refractivity contribution in [1.82, 2.24) is 4.90 Å². The van der Waals surface area contributed by atoms with Crippen LogP contribution in [0, 0.1) is 10.1 Å². The molecule has 0 radical (unpaired) electrons. The van der Waals surface area contributed by atoms with E-state index in [4.69, 9.17) is 4.74 Å². The molecule has 0 bridgehead atoms. The van der Waals surface area contributed by atoms with Crippen LogP contribution in [0.4, 0.5) is 5.69 Å². The topological polar surface area (TPSA) is 55.6 Å². The number of para-hydroxylation sites is 2. The van der Waals surface area contributed by atoms with Gasteiger partial charge in [-0.2, -0.15) is 0 Å². The summed E-state index contributed by atoms with van der Waals surface area (Å²) in [5.41, 5.74) is 0.0353. The van der Waals surface area contributed by atoms with Crippen LogP contribution in [0.5, 0.6) is 5.75 Å². The van der Waals surface area contributed by atoms with E-state index in [1.54, 1.807) is 18.2 Å². The van der Waals surface area contributed by atoms with Crippen molar-refractivity contribution >= 4 is 5.69 Å². The highest BCUT2D eigenvalue weighted by atomic mass is 16.6. The van der Waals surface area contributed by atoms with Crippen molar-refractivity contribution in [2.75, 3.05) is 20.2 Å². The second-order valence-electron chi connectivity index (χ2n) is 4.31. The predicted molar refractivity (Wildman–Crippen MR) is 64.2 cm³/mol. The van der Waals surface area contributed by atoms with Crippen LogP contribution in [0.3, 0.4) is 0 Å². The van der Waals surface area contributed by atoms with Crippen molar-refractivity contribution in [3.05, 3.63) is 34.4 Å². The molecule has 0 N–H and O–H groups in total. The van der Waals surface area contributed by atoms with Gasteiger partial charge in [0.2, 0.25) is 0 Å². The van der Waals surface area contributed by atoms with Gasteiger partial charge in [0.15, 0.2) is 5.75 Å². The molecule has 1 fully saturated rings. The molecule has 5 nitrogen and oxygen atoms in total. The summed E-state index contributed by atoms with van der Waals surface area (Å²) in [5.74, 6) is 0.359. The van der Waals surface area contributed by atoms with Gasteiger partial charge in [-0.3, -0.25) is 10.1 Å². The summed E-state index contributed by atoms with van der Waals surface area (Å²) in [4.78, 5) is 12.6. The maximum atomic E-state index is 10.8. The SMILES string of the molecule is CN1CCC[C@H]1COc1ccccc1[N+](=O)[O-]. The van der Waals surface area contributed by atoms with E-state index in [0.29, 0.717) is 18.4 Å². The Hall–Kier alpha value is -1.62. The van der Waals surface area contributed by atoms with Crippen LogP contribution >= 0.6 is 0 Å². The molecular weight excluding hydrogens is 220 g/mol. The summed E-state index contributed by atoms with van der Waals surface area (Å²) >= 11 is 0. The summed E-state index contributed by atoms with van der Waals surface area (Å²) < 4.78 is 5.57. The lowest BCUT2D eigenvalue weighted by Gasteiger charge is -2.19. The molecular formula is C12H16N2O3. The number of nitro groups is 1. The van der Waals surface area contributed by atoms with Gasteiger partial charge in [-0.1, -0.05) is 12.1 Å². The number of likely N-dealkylation sites (tertiary alicyclic amines) is 1. The molecule has 92 valence electrons. The Kier molecular flexibility index (Phi) is 3.58. The number of likely N-dealkylation sites (N-methyl/N-ethyl adjacent to an activating group) is 1. The molecule has 1 aliphatic rings. The maximum absolute atomic E-state index is 10.8. The second-order valence-corrected chi connectivity index (χ2v) is 4.31. The zero-order valence-electron chi connectivity index (χ0n) is 9.83. The fourth-order valence-electron chi connectivity index (χ4n) is 2.11. The smallest absolute Gasteiger partial charge is 0.310 e. The van der Waals surface area contributed by atoms with Crippen LogP contribution in [0.1, 0.15) is 12.8 Å². The zero-order valence-corrected chi connectivity index (χ0v) is 9.83. The first-order valence-electron chi connectivity index (χ1n) is 5.75. The molecule has 1 aromatic carbocycles. The Morgan fingerprint density at radius 2 is 2.29 bits per heavy atom. The number of hydrogen-bond acceptors (Lipinski definition) is 4. The monoisotopic (exact) mass is 236 g/mol. The van der Waals surface area contributed by atoms with Crippen LogP contribution in [0.15, 0.2) is 24.3 Å². The Morgan fingerprint density at radius 3 is 2.94 bits per heavy atom. The highest BCUT2D eigenvalue weighted by Gasteiger charge is 2.22. The van der Waals surface area contributed by atoms with E-state index < -0.39 is 4.92 Å². The minimum absolute atomic E-state index is 0.0353. The van der Waals surface area contributed by atoms with E-state index in [-0.39, 0.29) is 5.69 Å². The van der Waals surface area contributed by atoms with Gasteiger partial charge < -0.3 is 9.64 Å². The third-order valence-electron chi connectivity index (χ3n) is 3.16. The molecule has 0 aromatic heterocycles. The van der Waals surface area contributed by atoms with E-state index in [2.05, 4.69) is 11.9 Å². The number of rotatable bonds is 4. The molecule has 1 aromatic rings. The molecule has 0 spiro atoms. The molecule has 1 saturated heterocycles. The van der Waals surface area contributed by atoms with Gasteiger partial charge >= 0.3 is 5.69 Å². The predicted octanol–water partition coefficient (Wildman–Crippen LogP) is 2.07. The normalized spacial score (nSPS) is 20.4. The highest BCUT2D eigenvalue weighted by molar-refractivity contribution is 5.45. The van der Waals surface area contributed by atoms with E-state index in [0.717, 1.165) is 13.0 Å². The molecule has 1 heterocycles. The summed E-state index contributed by atoms with van der Waals surface area (Å²) in [6.07, 6.45) is 2.26. The molecule has 0 aliphatic carbocycles. The third-order valence-corrected chi connectivity index (χ3v) is 3.16. The van der Waals surface area contributed by atoms with Crippen LogP contribution in [-0.2, 0) is 0 Å². The van der Waals surface area contributed by atoms with Gasteiger partial charge in [0, 0.05) is 12.1 Å². The largest absolute Gasteiger partial charge is 0.485 e. The van der Waals surface area contributed by atoms with Gasteiger partial charge in [0.25, 0.3) is 0 Å². The first-order chi connectivity index (χ1) is 8.18. The van der Waals surface area contributed by atoms with Gasteiger partial charge in [-0.05, 0) is 32.5 Å². The Morgan fingerprint density at radius 1 is 1.53 bits per heavy atom. The van der Waals surface area contributed by atoms with Gasteiger partial charge in [-0.15, -0.1) is 0 Å². The molecule has 1 aliphatic heterocycles. The molecule has 0 saturated carbocycles. The summed E-state index contributed by atoms with van der Waals surface area (Å²) in [5, 5.41) is 10.8. The van der Waals surface area contributed by atoms with Crippen LogP contribution in [-0.4, -0.2) is 36.1 Å². The van der Waals surface area contributed by atoms with Gasteiger partial charge in [-0.25, -0.2) is 0 Å².